The highest BCUT2D eigenvalue weighted by Crippen LogP contribution is 2.32. The third kappa shape index (κ3) is 4.16. The lowest BCUT2D eigenvalue weighted by atomic mass is 10.0. The highest BCUT2D eigenvalue weighted by molar-refractivity contribution is 5.79. The van der Waals surface area contributed by atoms with Gasteiger partial charge < -0.3 is 9.64 Å². The molecule has 5 heteroatoms. The number of halogens is 1. The maximum atomic E-state index is 13.5. The molecule has 25 heavy (non-hydrogen) atoms. The van der Waals surface area contributed by atoms with Gasteiger partial charge in [0.25, 0.3) is 0 Å². The van der Waals surface area contributed by atoms with Crippen molar-refractivity contribution < 1.29 is 13.9 Å². The first-order valence-corrected chi connectivity index (χ1v) is 8.31. The van der Waals surface area contributed by atoms with E-state index in [1.807, 2.05) is 29.2 Å². The van der Waals surface area contributed by atoms with E-state index in [2.05, 4.69) is 0 Å². The third-order valence-corrected chi connectivity index (χ3v) is 4.39. The second-order valence-corrected chi connectivity index (χ2v) is 6.07. The van der Waals surface area contributed by atoms with Crippen molar-refractivity contribution in [1.82, 2.24) is 4.90 Å². The van der Waals surface area contributed by atoms with E-state index in [0.717, 1.165) is 24.0 Å². The lowest BCUT2D eigenvalue weighted by Crippen LogP contribution is -2.31. The summed E-state index contributed by atoms with van der Waals surface area (Å²) in [5.41, 5.74) is 1.74. The Balaban J connectivity index is 1.67. The van der Waals surface area contributed by atoms with E-state index in [1.54, 1.807) is 18.2 Å². The zero-order valence-corrected chi connectivity index (χ0v) is 13.8. The van der Waals surface area contributed by atoms with Gasteiger partial charge in [-0.1, -0.05) is 24.3 Å². The number of nitriles is 1. The van der Waals surface area contributed by atoms with Crippen molar-refractivity contribution in [3.05, 3.63) is 65.5 Å². The van der Waals surface area contributed by atoms with Gasteiger partial charge in [-0.05, 0) is 48.2 Å². The van der Waals surface area contributed by atoms with Crippen LogP contribution in [0.15, 0.2) is 48.5 Å². The minimum Gasteiger partial charge on any atom is -0.479 e. The maximum absolute atomic E-state index is 13.5. The largest absolute Gasteiger partial charge is 0.479 e. The van der Waals surface area contributed by atoms with Gasteiger partial charge in [0.1, 0.15) is 17.6 Å². The average Bonchev–Trinajstić information content (AvgIpc) is 3.11. The third-order valence-electron chi connectivity index (χ3n) is 4.39. The van der Waals surface area contributed by atoms with Gasteiger partial charge in [0, 0.05) is 6.54 Å². The molecule has 4 nitrogen and oxygen atoms in total. The van der Waals surface area contributed by atoms with Gasteiger partial charge in [-0.3, -0.25) is 4.79 Å². The number of ether oxygens (including phenoxy) is 1. The number of nitrogens with zero attached hydrogens (tertiary/aromatic N) is 2. The summed E-state index contributed by atoms with van der Waals surface area (Å²) in [5, 5.41) is 8.51. The fourth-order valence-corrected chi connectivity index (χ4v) is 3.22. The number of carbonyl (C=O) groups is 1. The monoisotopic (exact) mass is 338 g/mol. The van der Waals surface area contributed by atoms with Crippen LogP contribution in [0.2, 0.25) is 0 Å². The average molecular weight is 338 g/mol. The summed E-state index contributed by atoms with van der Waals surface area (Å²) in [6.07, 6.45) is 2.08. The first kappa shape index (κ1) is 17.0. The maximum Gasteiger partial charge on any atom is 0.227 e. The number of carbonyl (C=O) groups excluding carboxylic acids is 1. The van der Waals surface area contributed by atoms with Crippen molar-refractivity contribution in [1.29, 1.82) is 5.26 Å². The van der Waals surface area contributed by atoms with Crippen molar-refractivity contribution in [2.24, 2.45) is 0 Å². The summed E-state index contributed by atoms with van der Waals surface area (Å²) in [5.74, 6) is 0.374. The molecule has 0 bridgehead atoms. The molecule has 0 spiro atoms. The number of benzene rings is 2. The Morgan fingerprint density at radius 3 is 2.80 bits per heavy atom. The lowest BCUT2D eigenvalue weighted by Gasteiger charge is -2.25. The van der Waals surface area contributed by atoms with E-state index in [4.69, 9.17) is 10.00 Å². The quantitative estimate of drug-likeness (QED) is 0.836. The van der Waals surface area contributed by atoms with E-state index in [0.29, 0.717) is 18.7 Å². The molecule has 1 saturated heterocycles. The SMILES string of the molecule is N#CCOc1ccc(CC(=O)N2CCC[C@@H]2c2cccc(F)c2)cc1. The van der Waals surface area contributed by atoms with Crippen molar-refractivity contribution in [3.8, 4) is 11.8 Å². The number of hydrogen-bond acceptors (Lipinski definition) is 3. The Bertz CT molecular complexity index is 783. The minimum atomic E-state index is -0.273. The van der Waals surface area contributed by atoms with E-state index in [1.165, 1.54) is 12.1 Å². The Morgan fingerprint density at radius 2 is 2.08 bits per heavy atom. The number of hydrogen-bond donors (Lipinski definition) is 0. The molecule has 1 heterocycles. The molecule has 0 radical (unpaired) electrons. The molecule has 1 aliphatic heterocycles. The van der Waals surface area contributed by atoms with Crippen LogP contribution < -0.4 is 4.74 Å². The van der Waals surface area contributed by atoms with E-state index >= 15 is 0 Å². The van der Waals surface area contributed by atoms with Crippen LogP contribution in [0.1, 0.15) is 30.0 Å². The fraction of sp³-hybridized carbons (Fsp3) is 0.300. The first-order valence-electron chi connectivity index (χ1n) is 8.31. The zero-order chi connectivity index (χ0) is 17.6. The second-order valence-electron chi connectivity index (χ2n) is 6.07. The minimum absolute atomic E-state index is 0.00136. The molecule has 0 N–H and O–H groups in total. The molecular formula is C20H19FN2O2. The van der Waals surface area contributed by atoms with Crippen LogP contribution in [0.5, 0.6) is 5.75 Å². The summed E-state index contributed by atoms with van der Waals surface area (Å²) in [6, 6.07) is 15.5. The molecule has 0 aromatic heterocycles. The zero-order valence-electron chi connectivity index (χ0n) is 13.8. The van der Waals surface area contributed by atoms with Crippen LogP contribution >= 0.6 is 0 Å². The van der Waals surface area contributed by atoms with Gasteiger partial charge in [0.05, 0.1) is 12.5 Å². The van der Waals surface area contributed by atoms with Crippen LogP contribution in [-0.2, 0) is 11.2 Å². The predicted molar refractivity (Wildman–Crippen MR) is 91.3 cm³/mol. The molecule has 0 aliphatic carbocycles. The van der Waals surface area contributed by atoms with Crippen LogP contribution in [0.4, 0.5) is 4.39 Å². The van der Waals surface area contributed by atoms with Gasteiger partial charge in [-0.25, -0.2) is 4.39 Å². The smallest absolute Gasteiger partial charge is 0.227 e. The topological polar surface area (TPSA) is 53.3 Å². The van der Waals surface area contributed by atoms with E-state index in [9.17, 15) is 9.18 Å². The van der Waals surface area contributed by atoms with Crippen molar-refractivity contribution >= 4 is 5.91 Å². The molecule has 1 aliphatic rings. The molecule has 1 fully saturated rings. The molecular weight excluding hydrogens is 319 g/mol. The van der Waals surface area contributed by atoms with Crippen LogP contribution in [-0.4, -0.2) is 24.0 Å². The van der Waals surface area contributed by atoms with Crippen molar-refractivity contribution in [3.63, 3.8) is 0 Å². The van der Waals surface area contributed by atoms with Crippen LogP contribution in [0.3, 0.4) is 0 Å². The summed E-state index contributed by atoms with van der Waals surface area (Å²) in [6.45, 7) is 0.699. The van der Waals surface area contributed by atoms with Gasteiger partial charge in [0.15, 0.2) is 6.61 Å². The molecule has 128 valence electrons. The van der Waals surface area contributed by atoms with Gasteiger partial charge in [0.2, 0.25) is 5.91 Å². The molecule has 1 amide bonds. The highest BCUT2D eigenvalue weighted by Gasteiger charge is 2.29. The first-order chi connectivity index (χ1) is 12.2. The van der Waals surface area contributed by atoms with Gasteiger partial charge >= 0.3 is 0 Å². The van der Waals surface area contributed by atoms with Crippen LogP contribution in [0, 0.1) is 17.1 Å². The van der Waals surface area contributed by atoms with E-state index in [-0.39, 0.29) is 24.4 Å². The number of rotatable bonds is 5. The Hall–Kier alpha value is -2.87. The second kappa shape index (κ2) is 7.80. The van der Waals surface area contributed by atoms with Crippen LogP contribution in [0.25, 0.3) is 0 Å². The number of likely N-dealkylation sites (tertiary alicyclic amines) is 1. The molecule has 2 aromatic carbocycles. The molecule has 1 atom stereocenters. The van der Waals surface area contributed by atoms with Gasteiger partial charge in [-0.2, -0.15) is 5.26 Å². The fourth-order valence-electron chi connectivity index (χ4n) is 3.22. The molecule has 0 saturated carbocycles. The highest BCUT2D eigenvalue weighted by atomic mass is 19.1. The molecule has 0 unspecified atom stereocenters. The Morgan fingerprint density at radius 1 is 1.28 bits per heavy atom. The summed E-state index contributed by atoms with van der Waals surface area (Å²) in [4.78, 5) is 14.5. The Kier molecular flexibility index (Phi) is 5.30. The summed E-state index contributed by atoms with van der Waals surface area (Å²) in [7, 11) is 0. The molecule has 2 aromatic rings. The summed E-state index contributed by atoms with van der Waals surface area (Å²) < 4.78 is 18.7. The lowest BCUT2D eigenvalue weighted by molar-refractivity contribution is -0.131. The van der Waals surface area contributed by atoms with E-state index < -0.39 is 0 Å². The summed E-state index contributed by atoms with van der Waals surface area (Å²) >= 11 is 0. The predicted octanol–water partition coefficient (Wildman–Crippen LogP) is 3.63. The Labute approximate surface area is 146 Å². The van der Waals surface area contributed by atoms with Crippen molar-refractivity contribution in [2.45, 2.75) is 25.3 Å². The van der Waals surface area contributed by atoms with Gasteiger partial charge in [-0.15, -0.1) is 0 Å². The normalized spacial score (nSPS) is 16.5. The van der Waals surface area contributed by atoms with Crippen molar-refractivity contribution in [2.75, 3.05) is 13.2 Å². The standard InChI is InChI=1S/C20H19FN2O2/c21-17-4-1-3-16(14-17)19-5-2-11-23(19)20(24)13-15-6-8-18(9-7-15)25-12-10-22/h1,3-4,6-9,14,19H,2,5,11-13H2/t19-/m1/s1. The number of amides is 1. The molecule has 3 rings (SSSR count).